The number of rotatable bonds is 7. The molecule has 2 N–H and O–H groups in total. The first-order valence-electron chi connectivity index (χ1n) is 19.9. The van der Waals surface area contributed by atoms with E-state index in [0.717, 1.165) is 52.0 Å². The first kappa shape index (κ1) is 33.8. The summed E-state index contributed by atoms with van der Waals surface area (Å²) in [5.74, 6) is 0. The van der Waals surface area contributed by atoms with Crippen LogP contribution in [0.5, 0.6) is 0 Å². The van der Waals surface area contributed by atoms with E-state index in [2.05, 4.69) is 172 Å². The summed E-state index contributed by atoms with van der Waals surface area (Å²) in [5, 5.41) is 9.45. The molecule has 274 valence electrons. The summed E-state index contributed by atoms with van der Waals surface area (Å²) in [5.41, 5.74) is 21.4. The van der Waals surface area contributed by atoms with Gasteiger partial charge in [-0.3, -0.25) is 9.97 Å². The molecule has 3 aliphatic rings. The molecule has 0 radical (unpaired) electrons. The Labute approximate surface area is 338 Å². The monoisotopic (exact) mass is 742 g/mol. The molecule has 4 nitrogen and oxygen atoms in total. The minimum atomic E-state index is 0.777. The number of nitrogens with one attached hydrogen (secondary N) is 2. The molecule has 0 spiro atoms. The smallest absolute Gasteiger partial charge is 0.0401 e. The third kappa shape index (κ3) is 6.03. The van der Waals surface area contributed by atoms with Gasteiger partial charge in [-0.15, -0.1) is 0 Å². The predicted octanol–water partition coefficient (Wildman–Crippen LogP) is 12.6. The fourth-order valence-electron chi connectivity index (χ4n) is 8.83. The highest BCUT2D eigenvalue weighted by Gasteiger charge is 2.23. The van der Waals surface area contributed by atoms with Crippen molar-refractivity contribution in [2.75, 3.05) is 13.1 Å². The van der Waals surface area contributed by atoms with Gasteiger partial charge in [0.1, 0.15) is 0 Å². The molecular weight excluding hydrogens is 705 g/mol. The van der Waals surface area contributed by atoms with Crippen LogP contribution in [-0.4, -0.2) is 23.1 Å². The molecule has 8 aromatic rings. The highest BCUT2D eigenvalue weighted by Crippen LogP contribution is 2.50. The highest BCUT2D eigenvalue weighted by molar-refractivity contribution is 6.18. The maximum Gasteiger partial charge on any atom is 0.0401 e. The van der Waals surface area contributed by atoms with Crippen LogP contribution in [0.25, 0.3) is 99.8 Å². The largest absolute Gasteiger partial charge is 0.387 e. The first-order valence-corrected chi connectivity index (χ1v) is 19.9. The lowest BCUT2D eigenvalue weighted by Crippen LogP contribution is -2.12. The van der Waals surface area contributed by atoms with Crippen molar-refractivity contribution >= 4 is 21.9 Å². The van der Waals surface area contributed by atoms with Crippen LogP contribution >= 0.6 is 0 Å². The van der Waals surface area contributed by atoms with Gasteiger partial charge >= 0.3 is 0 Å². The fraction of sp³-hybridized carbons (Fsp3) is 0.0370. The molecule has 4 heteroatoms. The molecule has 58 heavy (non-hydrogen) atoms. The summed E-state index contributed by atoms with van der Waals surface area (Å²) in [6.07, 6.45) is 20.4. The van der Waals surface area contributed by atoms with Gasteiger partial charge in [-0.25, -0.2) is 0 Å². The van der Waals surface area contributed by atoms with Crippen LogP contribution < -0.4 is 10.6 Å². The Kier molecular flexibility index (Phi) is 8.25. The molecule has 0 saturated heterocycles. The Balaban J connectivity index is 1.17. The summed E-state index contributed by atoms with van der Waals surface area (Å²) in [6.45, 7) is 1.61. The van der Waals surface area contributed by atoms with Gasteiger partial charge in [-0.05, 0) is 179 Å². The molecule has 2 aromatic heterocycles. The Morgan fingerprint density at radius 3 is 1.62 bits per heavy atom. The molecule has 0 amide bonds. The van der Waals surface area contributed by atoms with Crippen LogP contribution in [0.1, 0.15) is 11.1 Å². The van der Waals surface area contributed by atoms with E-state index in [1.54, 1.807) is 0 Å². The van der Waals surface area contributed by atoms with E-state index >= 15 is 0 Å². The minimum Gasteiger partial charge on any atom is -0.387 e. The van der Waals surface area contributed by atoms with Crippen LogP contribution in [0.4, 0.5) is 0 Å². The van der Waals surface area contributed by atoms with Gasteiger partial charge in [-0.2, -0.15) is 0 Å². The average Bonchev–Trinajstić information content (AvgIpc) is 3.64. The zero-order chi connectivity index (χ0) is 38.4. The maximum absolute atomic E-state index is 4.49. The highest BCUT2D eigenvalue weighted by atomic mass is 14.8. The number of nitrogens with zero attached hydrogens (tertiary/aromatic N) is 2. The van der Waals surface area contributed by atoms with E-state index in [1.807, 2.05) is 43.1 Å². The molecule has 2 aliphatic heterocycles. The normalized spacial score (nSPS) is 13.7. The van der Waals surface area contributed by atoms with Crippen LogP contribution in [0, 0.1) is 0 Å². The van der Waals surface area contributed by atoms with E-state index in [9.17, 15) is 0 Å². The van der Waals surface area contributed by atoms with E-state index < -0.39 is 0 Å². The van der Waals surface area contributed by atoms with Crippen molar-refractivity contribution in [3.63, 3.8) is 0 Å². The number of hydrogen-bond acceptors (Lipinski definition) is 4. The molecule has 6 aromatic carbocycles. The van der Waals surface area contributed by atoms with Crippen molar-refractivity contribution < 1.29 is 0 Å². The van der Waals surface area contributed by atoms with Crippen molar-refractivity contribution in [1.29, 1.82) is 0 Å². The van der Waals surface area contributed by atoms with Crippen molar-refractivity contribution in [2.24, 2.45) is 0 Å². The first-order chi connectivity index (χ1) is 28.7. The second-order valence-corrected chi connectivity index (χ2v) is 15.2. The summed E-state index contributed by atoms with van der Waals surface area (Å²) in [4.78, 5) is 8.98. The van der Waals surface area contributed by atoms with E-state index in [0.29, 0.717) is 0 Å². The minimum absolute atomic E-state index is 0.777. The summed E-state index contributed by atoms with van der Waals surface area (Å²) >= 11 is 0. The van der Waals surface area contributed by atoms with Gasteiger partial charge in [0, 0.05) is 55.2 Å². The third-order valence-corrected chi connectivity index (χ3v) is 11.6. The number of fused-ring (bicyclic) bond motifs is 3. The Morgan fingerprint density at radius 2 is 1.02 bits per heavy atom. The van der Waals surface area contributed by atoms with Gasteiger partial charge in [0.05, 0.1) is 0 Å². The van der Waals surface area contributed by atoms with Crippen molar-refractivity contribution in [3.8, 4) is 77.9 Å². The van der Waals surface area contributed by atoms with E-state index in [1.165, 1.54) is 72.0 Å². The van der Waals surface area contributed by atoms with Gasteiger partial charge in [0.2, 0.25) is 0 Å². The molecule has 0 saturated carbocycles. The number of aromatic nitrogens is 2. The average molecular weight is 743 g/mol. The van der Waals surface area contributed by atoms with Gasteiger partial charge < -0.3 is 10.6 Å². The number of allylic oxidation sites excluding steroid dienone is 4. The lowest BCUT2D eigenvalue weighted by atomic mass is 9.87. The second-order valence-electron chi connectivity index (χ2n) is 15.2. The number of dihydropyridines is 2. The van der Waals surface area contributed by atoms with Crippen LogP contribution in [0.15, 0.2) is 195 Å². The maximum atomic E-state index is 4.49. The van der Waals surface area contributed by atoms with Gasteiger partial charge in [0.25, 0.3) is 0 Å². The van der Waals surface area contributed by atoms with Gasteiger partial charge in [0.15, 0.2) is 0 Å². The summed E-state index contributed by atoms with van der Waals surface area (Å²) in [6, 6.07) is 49.5. The van der Waals surface area contributed by atoms with Crippen LogP contribution in [0.3, 0.4) is 0 Å². The number of pyridine rings is 2. The summed E-state index contributed by atoms with van der Waals surface area (Å²) in [7, 11) is 0. The van der Waals surface area contributed by atoms with E-state index in [4.69, 9.17) is 0 Å². The Bertz CT molecular complexity index is 2960. The molecule has 0 atom stereocenters. The Hall–Kier alpha value is -7.56. The fourth-order valence-corrected chi connectivity index (χ4v) is 8.83. The molecule has 4 heterocycles. The predicted molar refractivity (Wildman–Crippen MR) is 241 cm³/mol. The van der Waals surface area contributed by atoms with Crippen LogP contribution in [0.2, 0.25) is 0 Å². The second kappa shape index (κ2) is 14.2. The third-order valence-electron chi connectivity index (χ3n) is 11.6. The number of hydrogen-bond donors (Lipinski definition) is 2. The van der Waals surface area contributed by atoms with Crippen molar-refractivity contribution in [1.82, 2.24) is 20.6 Å². The summed E-state index contributed by atoms with van der Waals surface area (Å²) < 4.78 is 0. The van der Waals surface area contributed by atoms with Crippen molar-refractivity contribution in [2.45, 2.75) is 0 Å². The lowest BCUT2D eigenvalue weighted by Gasteiger charge is -2.18. The SMILES string of the molecule is C1=CNCC(c2cc(C3=CNCC=C3)cc(-c3cc(-c4cc(-c5cccnc5)cc(-c5cccnc5)c4)cc(-c4ccc5c6c(cccc46)-c4ccccc4-5)c3)c2)=C1. The number of benzene rings is 6. The van der Waals surface area contributed by atoms with E-state index in [-0.39, 0.29) is 0 Å². The zero-order valence-corrected chi connectivity index (χ0v) is 31.8. The molecule has 0 fully saturated rings. The standard InChI is InChI=1S/C54H38N4/c1-2-13-50-49(12-1)52-15-3-14-51-48(16-17-53(50)54(51)52)47-29-45(43-24-39(35-8-4-18-55-31-35)22-40(25-43)36-9-5-19-56-32-36)28-46(30-47)44-26-41(37-10-6-20-57-33-37)23-42(27-44)38-11-7-21-58-34-38/h1-20,22-32,34,57-58H,21,33H2. The lowest BCUT2D eigenvalue weighted by molar-refractivity contribution is 0.976. The molecular formula is C54H38N4. The Morgan fingerprint density at radius 1 is 0.448 bits per heavy atom. The topological polar surface area (TPSA) is 49.8 Å². The molecule has 0 unspecified atom stereocenters. The quantitative estimate of drug-likeness (QED) is 0.171. The molecule has 11 rings (SSSR count). The molecule has 1 aliphatic carbocycles. The van der Waals surface area contributed by atoms with Gasteiger partial charge in [-0.1, -0.05) is 85.0 Å². The van der Waals surface area contributed by atoms with Crippen LogP contribution in [-0.2, 0) is 0 Å². The zero-order valence-electron chi connectivity index (χ0n) is 31.8. The molecule has 0 bridgehead atoms. The van der Waals surface area contributed by atoms with Crippen molar-refractivity contribution in [3.05, 3.63) is 206 Å².